The molecule has 2 aromatic carbocycles. The molecule has 150 valence electrons. The van der Waals surface area contributed by atoms with Crippen molar-refractivity contribution in [1.29, 1.82) is 0 Å². The largest absolute Gasteiger partial charge is 0.497 e. The van der Waals surface area contributed by atoms with E-state index in [9.17, 15) is 0 Å². The summed E-state index contributed by atoms with van der Waals surface area (Å²) in [6.45, 7) is 2.22. The van der Waals surface area contributed by atoms with Gasteiger partial charge in [-0.3, -0.25) is 0 Å². The van der Waals surface area contributed by atoms with Gasteiger partial charge in [0, 0.05) is 18.0 Å². The van der Waals surface area contributed by atoms with E-state index >= 15 is 0 Å². The SMILES string of the molecule is COc1ccc(OCCNc2ccnc(Nc3ccc4c(c3)OCCO4)n2)cc1. The average molecular weight is 394 g/mol. The number of aromatic nitrogens is 2. The van der Waals surface area contributed by atoms with Crippen LogP contribution in [0, 0.1) is 0 Å². The Hall–Kier alpha value is -3.68. The molecule has 2 N–H and O–H groups in total. The molecule has 2 heterocycles. The molecule has 0 amide bonds. The summed E-state index contributed by atoms with van der Waals surface area (Å²) < 4.78 is 22.0. The molecule has 0 radical (unpaired) electrons. The number of benzene rings is 2. The lowest BCUT2D eigenvalue weighted by molar-refractivity contribution is 0.171. The summed E-state index contributed by atoms with van der Waals surface area (Å²) in [7, 11) is 1.64. The molecule has 0 unspecified atom stereocenters. The Morgan fingerprint density at radius 3 is 2.59 bits per heavy atom. The van der Waals surface area contributed by atoms with Crippen LogP contribution in [0.25, 0.3) is 0 Å². The van der Waals surface area contributed by atoms with Crippen molar-refractivity contribution in [2.45, 2.75) is 0 Å². The van der Waals surface area contributed by atoms with Crippen LogP contribution in [-0.2, 0) is 0 Å². The minimum atomic E-state index is 0.489. The van der Waals surface area contributed by atoms with Crippen LogP contribution < -0.4 is 29.6 Å². The number of anilines is 3. The number of hydrogen-bond acceptors (Lipinski definition) is 8. The normalized spacial score (nSPS) is 12.2. The maximum atomic E-state index is 5.70. The van der Waals surface area contributed by atoms with Crippen LogP contribution in [0.2, 0.25) is 0 Å². The molecule has 0 fully saturated rings. The molecule has 0 spiro atoms. The minimum Gasteiger partial charge on any atom is -0.497 e. The topological polar surface area (TPSA) is 86.8 Å². The molecule has 8 heteroatoms. The van der Waals surface area contributed by atoms with Gasteiger partial charge in [0.2, 0.25) is 5.95 Å². The molecular weight excluding hydrogens is 372 g/mol. The van der Waals surface area contributed by atoms with Crippen molar-refractivity contribution >= 4 is 17.5 Å². The zero-order valence-electron chi connectivity index (χ0n) is 16.1. The molecule has 0 saturated heterocycles. The number of nitrogens with one attached hydrogen (secondary N) is 2. The number of rotatable bonds is 8. The third kappa shape index (κ3) is 4.98. The van der Waals surface area contributed by atoms with Gasteiger partial charge in [0.1, 0.15) is 37.1 Å². The van der Waals surface area contributed by atoms with Crippen molar-refractivity contribution in [3.05, 3.63) is 54.7 Å². The molecule has 3 aromatic rings. The molecule has 29 heavy (non-hydrogen) atoms. The zero-order chi connectivity index (χ0) is 19.9. The highest BCUT2D eigenvalue weighted by Gasteiger charge is 2.12. The summed E-state index contributed by atoms with van der Waals surface area (Å²) >= 11 is 0. The smallest absolute Gasteiger partial charge is 0.229 e. The Balaban J connectivity index is 1.29. The molecular formula is C21H22N4O4. The van der Waals surface area contributed by atoms with Gasteiger partial charge < -0.3 is 29.6 Å². The van der Waals surface area contributed by atoms with Crippen molar-refractivity contribution in [3.63, 3.8) is 0 Å². The summed E-state index contributed by atoms with van der Waals surface area (Å²) in [5, 5.41) is 6.41. The van der Waals surface area contributed by atoms with E-state index in [1.807, 2.05) is 48.5 Å². The van der Waals surface area contributed by atoms with E-state index in [1.54, 1.807) is 13.3 Å². The first-order valence-corrected chi connectivity index (χ1v) is 9.30. The summed E-state index contributed by atoms with van der Waals surface area (Å²) in [6, 6.07) is 14.9. The third-order valence-electron chi connectivity index (χ3n) is 4.19. The summed E-state index contributed by atoms with van der Waals surface area (Å²) in [5.74, 6) is 4.24. The lowest BCUT2D eigenvalue weighted by Gasteiger charge is -2.19. The van der Waals surface area contributed by atoms with Crippen LogP contribution in [-0.4, -0.2) is 43.4 Å². The van der Waals surface area contributed by atoms with Gasteiger partial charge in [0.15, 0.2) is 11.5 Å². The fourth-order valence-electron chi connectivity index (χ4n) is 2.79. The van der Waals surface area contributed by atoms with Crippen molar-refractivity contribution in [2.24, 2.45) is 0 Å². The van der Waals surface area contributed by atoms with E-state index in [0.717, 1.165) is 22.9 Å². The minimum absolute atomic E-state index is 0.489. The number of methoxy groups -OCH3 is 1. The second-order valence-corrected chi connectivity index (χ2v) is 6.20. The highest BCUT2D eigenvalue weighted by atomic mass is 16.6. The van der Waals surface area contributed by atoms with E-state index < -0.39 is 0 Å². The first-order chi connectivity index (χ1) is 14.3. The second-order valence-electron chi connectivity index (χ2n) is 6.20. The maximum Gasteiger partial charge on any atom is 0.229 e. The molecule has 4 rings (SSSR count). The van der Waals surface area contributed by atoms with Crippen LogP contribution in [0.4, 0.5) is 17.5 Å². The molecule has 0 bridgehead atoms. The Morgan fingerprint density at radius 2 is 1.76 bits per heavy atom. The number of fused-ring (bicyclic) bond motifs is 1. The maximum absolute atomic E-state index is 5.70. The van der Waals surface area contributed by atoms with Crippen LogP contribution >= 0.6 is 0 Å². The fourth-order valence-corrected chi connectivity index (χ4v) is 2.79. The van der Waals surface area contributed by atoms with E-state index in [0.29, 0.717) is 43.9 Å². The van der Waals surface area contributed by atoms with Gasteiger partial charge in [-0.15, -0.1) is 0 Å². The Labute approximate surface area is 168 Å². The van der Waals surface area contributed by atoms with Crippen LogP contribution in [0.1, 0.15) is 0 Å². The van der Waals surface area contributed by atoms with Gasteiger partial charge in [-0.2, -0.15) is 4.98 Å². The van der Waals surface area contributed by atoms with Gasteiger partial charge in [-0.1, -0.05) is 0 Å². The van der Waals surface area contributed by atoms with E-state index in [2.05, 4.69) is 20.6 Å². The predicted octanol–water partition coefficient (Wildman–Crippen LogP) is 3.49. The first-order valence-electron chi connectivity index (χ1n) is 9.30. The van der Waals surface area contributed by atoms with Crippen LogP contribution in [0.5, 0.6) is 23.0 Å². The molecule has 0 atom stereocenters. The van der Waals surface area contributed by atoms with Gasteiger partial charge >= 0.3 is 0 Å². The van der Waals surface area contributed by atoms with Crippen LogP contribution in [0.3, 0.4) is 0 Å². The highest BCUT2D eigenvalue weighted by Crippen LogP contribution is 2.33. The van der Waals surface area contributed by atoms with Crippen molar-refractivity contribution < 1.29 is 18.9 Å². The summed E-state index contributed by atoms with van der Waals surface area (Å²) in [6.07, 6.45) is 1.69. The lowest BCUT2D eigenvalue weighted by atomic mass is 10.2. The summed E-state index contributed by atoms with van der Waals surface area (Å²) in [5.41, 5.74) is 0.828. The van der Waals surface area contributed by atoms with Gasteiger partial charge in [-0.05, 0) is 42.5 Å². The van der Waals surface area contributed by atoms with Crippen molar-refractivity contribution in [1.82, 2.24) is 9.97 Å². The Kier molecular flexibility index (Phi) is 5.80. The van der Waals surface area contributed by atoms with Gasteiger partial charge in [0.05, 0.1) is 13.7 Å². The lowest BCUT2D eigenvalue weighted by Crippen LogP contribution is -2.15. The monoisotopic (exact) mass is 394 g/mol. The third-order valence-corrected chi connectivity index (χ3v) is 4.19. The number of hydrogen-bond donors (Lipinski definition) is 2. The highest BCUT2D eigenvalue weighted by molar-refractivity contribution is 5.60. The first kappa shape index (κ1) is 18.7. The molecule has 1 aromatic heterocycles. The van der Waals surface area contributed by atoms with E-state index in [4.69, 9.17) is 18.9 Å². The average Bonchev–Trinajstić information content (AvgIpc) is 2.77. The van der Waals surface area contributed by atoms with E-state index in [1.165, 1.54) is 0 Å². The fraction of sp³-hybridized carbons (Fsp3) is 0.238. The van der Waals surface area contributed by atoms with Crippen molar-refractivity contribution in [3.8, 4) is 23.0 Å². The van der Waals surface area contributed by atoms with Gasteiger partial charge in [-0.25, -0.2) is 4.98 Å². The Bertz CT molecular complexity index is 950. The molecule has 1 aliphatic heterocycles. The van der Waals surface area contributed by atoms with Crippen LogP contribution in [0.15, 0.2) is 54.7 Å². The zero-order valence-corrected chi connectivity index (χ0v) is 16.1. The number of ether oxygens (including phenoxy) is 4. The number of nitrogens with zero attached hydrogens (tertiary/aromatic N) is 2. The standard InChI is InChI=1S/C21H22N4O4/c1-26-16-3-5-17(6-4-16)27-11-10-22-20-8-9-23-21(25-20)24-15-2-7-18-19(14-15)29-13-12-28-18/h2-9,14H,10-13H2,1H3,(H2,22,23,24,25). The van der Waals surface area contributed by atoms with Gasteiger partial charge in [0.25, 0.3) is 0 Å². The van der Waals surface area contributed by atoms with Crippen molar-refractivity contribution in [2.75, 3.05) is 44.1 Å². The Morgan fingerprint density at radius 1 is 0.966 bits per heavy atom. The molecule has 8 nitrogen and oxygen atoms in total. The molecule has 1 aliphatic rings. The van der Waals surface area contributed by atoms with E-state index in [-0.39, 0.29) is 0 Å². The molecule has 0 aliphatic carbocycles. The second kappa shape index (κ2) is 9.01. The molecule has 0 saturated carbocycles. The summed E-state index contributed by atoms with van der Waals surface area (Å²) in [4.78, 5) is 8.73. The quantitative estimate of drug-likeness (QED) is 0.562. The predicted molar refractivity (Wildman–Crippen MR) is 110 cm³/mol.